The zero-order valence-corrected chi connectivity index (χ0v) is 19.5. The highest BCUT2D eigenvalue weighted by atomic mass is 35.5. The van der Waals surface area contributed by atoms with E-state index in [0.717, 1.165) is 50.8 Å². The third-order valence-corrected chi connectivity index (χ3v) is 5.96. The Bertz CT molecular complexity index is 1070. The van der Waals surface area contributed by atoms with Crippen LogP contribution in [0, 0.1) is 5.92 Å². The van der Waals surface area contributed by atoms with Crippen LogP contribution < -0.4 is 9.64 Å². The maximum absolute atomic E-state index is 13.0. The SMILES string of the molecule is COc1cccc(CN(C)CC2CCN(c3nccc4nc(C(F)(F)F)ccc34)CC2)c1.Cl. The molecule has 1 aliphatic heterocycles. The van der Waals surface area contributed by atoms with Gasteiger partial charge in [0.05, 0.1) is 12.6 Å². The smallest absolute Gasteiger partial charge is 0.433 e. The topological polar surface area (TPSA) is 41.5 Å². The lowest BCUT2D eigenvalue weighted by molar-refractivity contribution is -0.140. The van der Waals surface area contributed by atoms with Gasteiger partial charge in [-0.2, -0.15) is 13.2 Å². The third kappa shape index (κ3) is 6.06. The van der Waals surface area contributed by atoms with Gasteiger partial charge in [0.25, 0.3) is 0 Å². The number of hydrogen-bond acceptors (Lipinski definition) is 5. The molecule has 0 N–H and O–H groups in total. The van der Waals surface area contributed by atoms with E-state index in [2.05, 4.69) is 38.9 Å². The van der Waals surface area contributed by atoms with Crippen LogP contribution in [0.25, 0.3) is 10.9 Å². The lowest BCUT2D eigenvalue weighted by Crippen LogP contribution is -2.38. The number of anilines is 1. The largest absolute Gasteiger partial charge is 0.497 e. The zero-order valence-electron chi connectivity index (χ0n) is 18.7. The first-order valence-corrected chi connectivity index (χ1v) is 10.7. The van der Waals surface area contributed by atoms with Crippen molar-refractivity contribution in [2.45, 2.75) is 25.6 Å². The van der Waals surface area contributed by atoms with Gasteiger partial charge in [0.15, 0.2) is 0 Å². The number of alkyl halides is 3. The minimum Gasteiger partial charge on any atom is -0.497 e. The van der Waals surface area contributed by atoms with Gasteiger partial charge in [0.2, 0.25) is 0 Å². The number of ether oxygens (including phenoxy) is 1. The van der Waals surface area contributed by atoms with E-state index in [0.29, 0.717) is 22.6 Å². The molecule has 4 rings (SSSR count). The first-order chi connectivity index (χ1) is 15.3. The molecular weight excluding hydrogens is 453 g/mol. The predicted molar refractivity (Wildman–Crippen MR) is 126 cm³/mol. The van der Waals surface area contributed by atoms with E-state index in [1.54, 1.807) is 13.3 Å². The van der Waals surface area contributed by atoms with Gasteiger partial charge in [-0.05, 0) is 61.7 Å². The zero-order chi connectivity index (χ0) is 22.7. The maximum Gasteiger partial charge on any atom is 0.433 e. The van der Waals surface area contributed by atoms with Gasteiger partial charge in [0.1, 0.15) is 17.3 Å². The molecule has 0 atom stereocenters. The molecule has 1 saturated heterocycles. The summed E-state index contributed by atoms with van der Waals surface area (Å²) in [4.78, 5) is 12.8. The number of halogens is 4. The Balaban J connectivity index is 0.00000306. The van der Waals surface area contributed by atoms with Gasteiger partial charge in [0, 0.05) is 37.8 Å². The summed E-state index contributed by atoms with van der Waals surface area (Å²) < 4.78 is 44.3. The highest BCUT2D eigenvalue weighted by molar-refractivity contribution is 5.89. The Morgan fingerprint density at radius 1 is 1.12 bits per heavy atom. The molecule has 178 valence electrons. The number of pyridine rings is 2. The summed E-state index contributed by atoms with van der Waals surface area (Å²) in [6.45, 7) is 3.50. The number of aromatic nitrogens is 2. The minimum absolute atomic E-state index is 0. The molecule has 9 heteroatoms. The van der Waals surface area contributed by atoms with Crippen molar-refractivity contribution in [2.24, 2.45) is 5.92 Å². The minimum atomic E-state index is -4.45. The monoisotopic (exact) mass is 480 g/mol. The van der Waals surface area contributed by atoms with Gasteiger partial charge in [-0.25, -0.2) is 9.97 Å². The van der Waals surface area contributed by atoms with Crippen molar-refractivity contribution in [3.63, 3.8) is 0 Å². The molecule has 3 heterocycles. The molecule has 0 unspecified atom stereocenters. The number of hydrogen-bond donors (Lipinski definition) is 0. The average molecular weight is 481 g/mol. The molecule has 0 saturated carbocycles. The number of methoxy groups -OCH3 is 1. The first kappa shape index (κ1) is 25.1. The van der Waals surface area contributed by atoms with Crippen molar-refractivity contribution in [3.8, 4) is 5.75 Å². The number of fused-ring (bicyclic) bond motifs is 1. The van der Waals surface area contributed by atoms with Crippen LogP contribution in [-0.4, -0.2) is 48.7 Å². The fourth-order valence-electron chi connectivity index (χ4n) is 4.36. The lowest BCUT2D eigenvalue weighted by Gasteiger charge is -2.35. The van der Waals surface area contributed by atoms with E-state index >= 15 is 0 Å². The molecular formula is C24H28ClF3N4O. The van der Waals surface area contributed by atoms with Crippen molar-refractivity contribution in [1.29, 1.82) is 0 Å². The Labute approximate surface area is 198 Å². The second kappa shape index (κ2) is 10.6. The number of nitrogens with zero attached hydrogens (tertiary/aromatic N) is 4. The van der Waals surface area contributed by atoms with Crippen LogP contribution in [0.2, 0.25) is 0 Å². The molecule has 33 heavy (non-hydrogen) atoms. The van der Waals surface area contributed by atoms with Crippen LogP contribution in [-0.2, 0) is 12.7 Å². The quantitative estimate of drug-likeness (QED) is 0.470. The van der Waals surface area contributed by atoms with E-state index in [4.69, 9.17) is 4.74 Å². The first-order valence-electron chi connectivity index (χ1n) is 10.7. The summed E-state index contributed by atoms with van der Waals surface area (Å²) in [5, 5.41) is 0.661. The van der Waals surface area contributed by atoms with Crippen molar-refractivity contribution >= 4 is 29.1 Å². The second-order valence-corrected chi connectivity index (χ2v) is 8.37. The summed E-state index contributed by atoms with van der Waals surface area (Å²) in [6.07, 6.45) is -0.894. The molecule has 0 spiro atoms. The number of rotatable bonds is 6. The normalized spacial score (nSPS) is 15.0. The third-order valence-electron chi connectivity index (χ3n) is 5.96. The van der Waals surface area contributed by atoms with Gasteiger partial charge >= 0.3 is 6.18 Å². The molecule has 0 radical (unpaired) electrons. The van der Waals surface area contributed by atoms with Crippen LogP contribution in [0.1, 0.15) is 24.1 Å². The standard InChI is InChI=1S/C24H27F3N4O.ClH/c1-30(16-18-4-3-5-19(14-18)32-2)15-17-9-12-31(13-10-17)23-20-6-7-22(24(25,26)27)29-21(20)8-11-28-23;/h3-8,11,14,17H,9-10,12-13,15-16H2,1-2H3;1H. The summed E-state index contributed by atoms with van der Waals surface area (Å²) in [5.74, 6) is 2.14. The molecule has 2 aromatic heterocycles. The highest BCUT2D eigenvalue weighted by Gasteiger charge is 2.33. The van der Waals surface area contributed by atoms with E-state index in [9.17, 15) is 13.2 Å². The lowest BCUT2D eigenvalue weighted by atomic mass is 9.96. The Morgan fingerprint density at radius 3 is 2.58 bits per heavy atom. The fourth-order valence-corrected chi connectivity index (χ4v) is 4.36. The molecule has 1 fully saturated rings. The average Bonchev–Trinajstić information content (AvgIpc) is 2.78. The fraction of sp³-hybridized carbons (Fsp3) is 0.417. The van der Waals surface area contributed by atoms with Crippen LogP contribution in [0.15, 0.2) is 48.7 Å². The molecule has 1 aromatic carbocycles. The van der Waals surface area contributed by atoms with Crippen molar-refractivity contribution < 1.29 is 17.9 Å². The van der Waals surface area contributed by atoms with Crippen molar-refractivity contribution in [2.75, 3.05) is 38.7 Å². The van der Waals surface area contributed by atoms with E-state index in [1.165, 1.54) is 17.7 Å². The molecule has 1 aliphatic rings. The Morgan fingerprint density at radius 2 is 1.88 bits per heavy atom. The number of piperidine rings is 1. The maximum atomic E-state index is 13.0. The summed E-state index contributed by atoms with van der Waals surface area (Å²) >= 11 is 0. The molecule has 5 nitrogen and oxygen atoms in total. The van der Waals surface area contributed by atoms with E-state index < -0.39 is 11.9 Å². The van der Waals surface area contributed by atoms with Crippen LogP contribution >= 0.6 is 12.4 Å². The molecule has 3 aromatic rings. The predicted octanol–water partition coefficient (Wildman–Crippen LogP) is 5.43. The second-order valence-electron chi connectivity index (χ2n) is 8.37. The Hall–Kier alpha value is -2.58. The summed E-state index contributed by atoms with van der Waals surface area (Å²) in [6, 6.07) is 12.2. The van der Waals surface area contributed by atoms with Gasteiger partial charge in [-0.15, -0.1) is 12.4 Å². The highest BCUT2D eigenvalue weighted by Crippen LogP contribution is 2.32. The summed E-state index contributed by atoms with van der Waals surface area (Å²) in [5.41, 5.74) is 0.667. The van der Waals surface area contributed by atoms with Crippen molar-refractivity contribution in [1.82, 2.24) is 14.9 Å². The van der Waals surface area contributed by atoms with Gasteiger partial charge in [-0.3, -0.25) is 0 Å². The molecule has 0 aliphatic carbocycles. The van der Waals surface area contributed by atoms with E-state index in [-0.39, 0.29) is 12.4 Å². The Kier molecular flexibility index (Phi) is 8.02. The molecule has 0 bridgehead atoms. The van der Waals surface area contributed by atoms with E-state index in [1.807, 2.05) is 12.1 Å². The molecule has 0 amide bonds. The number of benzene rings is 1. The van der Waals surface area contributed by atoms with Crippen LogP contribution in [0.3, 0.4) is 0 Å². The van der Waals surface area contributed by atoms with Gasteiger partial charge < -0.3 is 14.5 Å². The van der Waals surface area contributed by atoms with Gasteiger partial charge in [-0.1, -0.05) is 12.1 Å². The van der Waals surface area contributed by atoms with Crippen molar-refractivity contribution in [3.05, 3.63) is 59.9 Å². The summed E-state index contributed by atoms with van der Waals surface area (Å²) in [7, 11) is 3.80. The van der Waals surface area contributed by atoms with Crippen LogP contribution in [0.4, 0.5) is 19.0 Å². The van der Waals surface area contributed by atoms with Crippen LogP contribution in [0.5, 0.6) is 5.75 Å².